The van der Waals surface area contributed by atoms with Crippen molar-refractivity contribution in [1.29, 1.82) is 0 Å². The fraction of sp³-hybridized carbons (Fsp3) is 0.323. The molecule has 4 rings (SSSR count). The third kappa shape index (κ3) is 6.58. The molecule has 3 heterocycles. The van der Waals surface area contributed by atoms with E-state index in [9.17, 15) is 9.90 Å². The molecule has 2 N–H and O–H groups in total. The number of hydrogen-bond acceptors (Lipinski definition) is 9. The summed E-state index contributed by atoms with van der Waals surface area (Å²) in [6.45, 7) is 17.0. The van der Waals surface area contributed by atoms with Crippen molar-refractivity contribution < 1.29 is 24.1 Å². The van der Waals surface area contributed by atoms with E-state index in [1.807, 2.05) is 50.3 Å². The Bertz CT molecular complexity index is 1550. The van der Waals surface area contributed by atoms with E-state index in [0.717, 1.165) is 27.8 Å². The molecule has 0 spiro atoms. The average molecular weight is 573 g/mol. The number of imidazole rings is 1. The second kappa shape index (κ2) is 12.8. The minimum absolute atomic E-state index is 0.0812. The van der Waals surface area contributed by atoms with Crippen LogP contribution < -0.4 is 0 Å². The first-order valence-corrected chi connectivity index (χ1v) is 13.5. The number of esters is 1. The number of tetrazole rings is 1. The summed E-state index contributed by atoms with van der Waals surface area (Å²) in [5.41, 5.74) is 3.27. The van der Waals surface area contributed by atoms with Crippen molar-refractivity contribution in [3.63, 3.8) is 0 Å². The molecular weight excluding hydrogens is 536 g/mol. The molecule has 1 aromatic carbocycles. The van der Waals surface area contributed by atoms with Gasteiger partial charge in [-0.25, -0.2) is 9.78 Å². The molecule has 2 aromatic heterocycles. The topological polar surface area (TPSA) is 137 Å². The van der Waals surface area contributed by atoms with Gasteiger partial charge in [0.25, 0.3) is 0 Å². The number of H-pyrrole nitrogens is 1. The summed E-state index contributed by atoms with van der Waals surface area (Å²) in [7, 11) is 0. The van der Waals surface area contributed by atoms with Crippen LogP contribution in [0.5, 0.6) is 0 Å². The van der Waals surface area contributed by atoms with Gasteiger partial charge in [0.15, 0.2) is 18.1 Å². The molecule has 42 heavy (non-hydrogen) atoms. The summed E-state index contributed by atoms with van der Waals surface area (Å²) in [6.07, 6.45) is 5.98. The van der Waals surface area contributed by atoms with Gasteiger partial charge in [0, 0.05) is 12.1 Å². The molecule has 0 saturated heterocycles. The molecule has 0 unspecified atom stereocenters. The molecule has 0 saturated carbocycles. The molecule has 1 aliphatic rings. The highest BCUT2D eigenvalue weighted by Gasteiger charge is 2.33. The summed E-state index contributed by atoms with van der Waals surface area (Å²) in [6, 6.07) is 7.91. The summed E-state index contributed by atoms with van der Waals surface area (Å²) in [5, 5.41) is 25.4. The Morgan fingerprint density at radius 1 is 1.26 bits per heavy atom. The Kier molecular flexibility index (Phi) is 9.21. The lowest BCUT2D eigenvalue weighted by Gasteiger charge is -2.18. The highest BCUT2D eigenvalue weighted by atomic mass is 16.7. The minimum Gasteiger partial charge on any atom is -0.459 e. The molecule has 1 aliphatic heterocycles. The summed E-state index contributed by atoms with van der Waals surface area (Å²) < 4.78 is 18.1. The molecule has 11 heteroatoms. The van der Waals surface area contributed by atoms with Gasteiger partial charge in [0.2, 0.25) is 12.6 Å². The van der Waals surface area contributed by atoms with Gasteiger partial charge in [-0.1, -0.05) is 62.6 Å². The molecule has 11 nitrogen and oxygen atoms in total. The van der Waals surface area contributed by atoms with E-state index in [1.54, 1.807) is 31.4 Å². The summed E-state index contributed by atoms with van der Waals surface area (Å²) in [5.74, 6) is 1.34. The van der Waals surface area contributed by atoms with E-state index in [-0.39, 0.29) is 24.8 Å². The normalized spacial score (nSPS) is 14.0. The monoisotopic (exact) mass is 572 g/mol. The maximum absolute atomic E-state index is 13.5. The Labute approximate surface area is 244 Å². The van der Waals surface area contributed by atoms with Crippen molar-refractivity contribution in [1.82, 2.24) is 30.2 Å². The van der Waals surface area contributed by atoms with Crippen LogP contribution in [0, 0.1) is 0 Å². The van der Waals surface area contributed by atoms with Crippen molar-refractivity contribution in [2.75, 3.05) is 13.4 Å². The zero-order chi connectivity index (χ0) is 30.4. The number of aliphatic hydroxyl groups is 1. The summed E-state index contributed by atoms with van der Waals surface area (Å²) in [4.78, 5) is 18.2. The van der Waals surface area contributed by atoms with Gasteiger partial charge < -0.3 is 23.9 Å². The number of nitrogens with zero attached hydrogens (tertiary/aromatic N) is 5. The van der Waals surface area contributed by atoms with Gasteiger partial charge in [-0.3, -0.25) is 0 Å². The van der Waals surface area contributed by atoms with Gasteiger partial charge in [0.1, 0.15) is 22.9 Å². The Morgan fingerprint density at radius 3 is 2.57 bits per heavy atom. The lowest BCUT2D eigenvalue weighted by atomic mass is 9.99. The Hall–Kier alpha value is -4.77. The van der Waals surface area contributed by atoms with Gasteiger partial charge in [-0.05, 0) is 61.6 Å². The van der Waals surface area contributed by atoms with Crippen molar-refractivity contribution in [3.8, 4) is 0 Å². The van der Waals surface area contributed by atoms with E-state index in [4.69, 9.17) is 14.2 Å². The number of hydrogen-bond donors (Lipinski definition) is 2. The van der Waals surface area contributed by atoms with Gasteiger partial charge >= 0.3 is 5.97 Å². The molecular formula is C31H36N6O5. The fourth-order valence-corrected chi connectivity index (χ4v) is 4.39. The average Bonchev–Trinajstić information content (AvgIpc) is 3.72. The van der Waals surface area contributed by atoms with Crippen molar-refractivity contribution in [2.24, 2.45) is 0 Å². The Balaban J connectivity index is 1.72. The third-order valence-corrected chi connectivity index (χ3v) is 6.84. The first kappa shape index (κ1) is 30.2. The third-order valence-electron chi connectivity index (χ3n) is 6.84. The van der Waals surface area contributed by atoms with Gasteiger partial charge in [-0.2, -0.15) is 5.21 Å². The maximum Gasteiger partial charge on any atom is 0.357 e. The maximum atomic E-state index is 13.5. The van der Waals surface area contributed by atoms with Gasteiger partial charge in [-0.15, -0.1) is 10.2 Å². The molecule has 3 aromatic rings. The first-order chi connectivity index (χ1) is 20.0. The standard InChI is InChI=1S/C31H36N6O5/c1-8-10-11-24(28-33-35-36-34-28)20(4)23-14-12-22(13-15-23)16-37-26(30(38)40-17-25-21(5)41-18-42-25)27(31(6,7)39)32-29(37)19(3)9-2/h8,10-15,39H,1,3,9,16-18H2,2,4-7H3,(H,33,34,35,36)/b11-10-,24-20-. The van der Waals surface area contributed by atoms with E-state index in [1.165, 1.54) is 0 Å². The molecule has 0 aliphatic carbocycles. The molecule has 0 amide bonds. The van der Waals surface area contributed by atoms with E-state index in [0.29, 0.717) is 36.1 Å². The number of aromatic amines is 1. The second-order valence-corrected chi connectivity index (χ2v) is 10.3. The number of ether oxygens (including phenoxy) is 3. The van der Waals surface area contributed by atoms with Crippen LogP contribution in [0.15, 0.2) is 67.2 Å². The van der Waals surface area contributed by atoms with Gasteiger partial charge in [0.05, 0.1) is 0 Å². The van der Waals surface area contributed by atoms with E-state index >= 15 is 0 Å². The van der Waals surface area contributed by atoms with Crippen molar-refractivity contribution in [3.05, 3.63) is 101 Å². The number of rotatable bonds is 12. The van der Waals surface area contributed by atoms with Crippen molar-refractivity contribution >= 4 is 22.7 Å². The number of nitrogens with one attached hydrogen (secondary N) is 1. The van der Waals surface area contributed by atoms with Crippen LogP contribution in [-0.2, 0) is 26.4 Å². The largest absolute Gasteiger partial charge is 0.459 e. The molecule has 0 fully saturated rings. The highest BCUT2D eigenvalue weighted by molar-refractivity contribution is 5.93. The fourth-order valence-electron chi connectivity index (χ4n) is 4.39. The minimum atomic E-state index is -1.42. The number of benzene rings is 1. The van der Waals surface area contributed by atoms with Crippen LogP contribution >= 0.6 is 0 Å². The summed E-state index contributed by atoms with van der Waals surface area (Å²) >= 11 is 0. The van der Waals surface area contributed by atoms with Crippen molar-refractivity contribution in [2.45, 2.75) is 53.2 Å². The number of carbonyl (C=O) groups excluding carboxylic acids is 1. The molecule has 0 radical (unpaired) electrons. The SMILES string of the molecule is C=C/C=C\C(=C(/C)c1ccc(Cn2c(C(=C)CC)nc(C(C)(C)O)c2C(=O)OCC2=C(C)OCO2)cc1)c1nn[nH]n1. The highest BCUT2D eigenvalue weighted by Crippen LogP contribution is 2.31. The number of allylic oxidation sites excluding steroid dienone is 7. The quantitative estimate of drug-likeness (QED) is 0.223. The molecule has 0 atom stereocenters. The van der Waals surface area contributed by atoms with Crippen LogP contribution in [-0.4, -0.2) is 54.7 Å². The Morgan fingerprint density at radius 2 is 2.00 bits per heavy atom. The predicted molar refractivity (Wildman–Crippen MR) is 158 cm³/mol. The zero-order valence-electron chi connectivity index (χ0n) is 24.6. The van der Waals surface area contributed by atoms with Crippen LogP contribution in [0.3, 0.4) is 0 Å². The second-order valence-electron chi connectivity index (χ2n) is 10.3. The number of carbonyl (C=O) groups is 1. The zero-order valence-corrected chi connectivity index (χ0v) is 24.6. The van der Waals surface area contributed by atoms with Crippen LogP contribution in [0.2, 0.25) is 0 Å². The first-order valence-electron chi connectivity index (χ1n) is 13.5. The lowest BCUT2D eigenvalue weighted by Crippen LogP contribution is -2.24. The lowest BCUT2D eigenvalue weighted by molar-refractivity contribution is 0.0346. The van der Waals surface area contributed by atoms with Crippen LogP contribution in [0.1, 0.15) is 80.0 Å². The van der Waals surface area contributed by atoms with Crippen LogP contribution in [0.25, 0.3) is 16.7 Å². The smallest absolute Gasteiger partial charge is 0.357 e. The molecule has 220 valence electrons. The van der Waals surface area contributed by atoms with E-state index < -0.39 is 11.6 Å². The molecule has 0 bridgehead atoms. The number of aromatic nitrogens is 6. The van der Waals surface area contributed by atoms with Crippen LogP contribution in [0.4, 0.5) is 0 Å². The predicted octanol–water partition coefficient (Wildman–Crippen LogP) is 5.16. The van der Waals surface area contributed by atoms with E-state index in [2.05, 4.69) is 38.8 Å².